The highest BCUT2D eigenvalue weighted by atomic mass is 33.1. The summed E-state index contributed by atoms with van der Waals surface area (Å²) in [7, 11) is 1.96. The zero-order valence-corrected chi connectivity index (χ0v) is 51.8. The Morgan fingerprint density at radius 1 is 0.750 bits per heavy atom. The number of nitrogens with zero attached hydrogens (tertiary/aromatic N) is 2. The van der Waals surface area contributed by atoms with E-state index >= 15 is 0 Å². The van der Waals surface area contributed by atoms with Crippen LogP contribution >= 0.6 is 21.6 Å². The molecular weight excluding hydrogens is 1120 g/mol. The topological polar surface area (TPSA) is 204 Å². The number of carbonyl (C=O) groups is 6. The standard InChI is InChI=1S/C65H76N4O12S3/c1-10-50(70)22-19-40(4)82-83-65(6,7)24-23-61(72)66-41(5)56(71)26-39(3)62(73)67-48-28-42(27-43(29-48)37-81-59-32-44-20-21-49-30-45-15-11-13-17-53(45)68(49)63(74)52(44)35-58(59)78-8)36-80-57-33-47-34-60(84(76,77)79-9)55-31-46-16-12-14-18-54(46)69(55)64(75)51(47)25-38(57)2/h11-18,25,27-29,32-33,35,39-41,49,55,60H,10,19-24,26,30-31,34,36-37H2,1-9H3,(H,66,72)(H,67,73)/t39-,40?,41-,49+,55-,60?/m0/s1. The minimum atomic E-state index is -4.12. The van der Waals surface area contributed by atoms with Crippen LogP contribution in [0.25, 0.3) is 0 Å². The molecular formula is C65H76N4O12S3. The average Bonchev–Trinajstić information content (AvgIpc) is 4.02. The lowest BCUT2D eigenvalue weighted by Crippen LogP contribution is -2.47. The number of hydrogen-bond acceptors (Lipinski definition) is 14. The lowest BCUT2D eigenvalue weighted by molar-refractivity contribution is -0.129. The molecule has 4 aliphatic heterocycles. The molecule has 84 heavy (non-hydrogen) atoms. The SMILES string of the molecule is CCC(=O)CCC(C)SSC(C)(C)CCC(=O)N[C@@H](C)C(=O)C[C@H](C)C(=O)Nc1cc(COc2cc3c(cc2C)C(=O)N2c4ccccc4C[C@H]2C(S(=O)(=O)OC)C3)cc(COc2cc3c(cc2OC)C(=O)N2c4ccccc4C[C@H]2CC3)c1. The minimum absolute atomic E-state index is 0.00677. The third-order valence-corrected chi connectivity index (χ3v) is 22.1. The summed E-state index contributed by atoms with van der Waals surface area (Å²) in [4.78, 5) is 84.7. The van der Waals surface area contributed by atoms with Gasteiger partial charge in [0.1, 0.15) is 30.0 Å². The molecule has 0 saturated heterocycles. The van der Waals surface area contributed by atoms with Crippen molar-refractivity contribution < 1.29 is 55.6 Å². The van der Waals surface area contributed by atoms with E-state index in [0.717, 1.165) is 48.8 Å². The molecule has 0 saturated carbocycles. The van der Waals surface area contributed by atoms with Crippen LogP contribution < -0.4 is 34.6 Å². The van der Waals surface area contributed by atoms with Crippen LogP contribution in [0.4, 0.5) is 17.1 Å². The van der Waals surface area contributed by atoms with Gasteiger partial charge in [-0.3, -0.25) is 33.0 Å². The van der Waals surface area contributed by atoms with E-state index in [0.29, 0.717) is 94.1 Å². The lowest BCUT2D eigenvalue weighted by atomic mass is 9.97. The van der Waals surface area contributed by atoms with Crippen LogP contribution in [0.15, 0.2) is 91.0 Å². The molecule has 0 aromatic heterocycles. The highest BCUT2D eigenvalue weighted by Gasteiger charge is 2.48. The number of para-hydroxylation sites is 2. The number of nitrogens with one attached hydrogen (secondary N) is 2. The van der Waals surface area contributed by atoms with E-state index in [1.807, 2.05) is 73.3 Å². The number of methoxy groups -OCH3 is 1. The maximum atomic E-state index is 14.5. The number of ether oxygens (including phenoxy) is 3. The summed E-state index contributed by atoms with van der Waals surface area (Å²) in [6, 6.07) is 26.5. The molecule has 16 nitrogen and oxygen atoms in total. The van der Waals surface area contributed by atoms with Crippen molar-refractivity contribution in [3.05, 3.63) is 141 Å². The summed E-state index contributed by atoms with van der Waals surface area (Å²) in [5, 5.41) is 5.06. The van der Waals surface area contributed by atoms with Gasteiger partial charge in [-0.05, 0) is 166 Å². The maximum absolute atomic E-state index is 14.5. The first-order valence-electron chi connectivity index (χ1n) is 28.9. The van der Waals surface area contributed by atoms with Crippen LogP contribution in [0.1, 0.15) is 146 Å². The molecule has 4 amide bonds. The first-order valence-corrected chi connectivity index (χ1v) is 32.6. The van der Waals surface area contributed by atoms with Crippen molar-refractivity contribution in [1.29, 1.82) is 0 Å². The number of hydrogen-bond donors (Lipinski definition) is 2. The summed E-state index contributed by atoms with van der Waals surface area (Å²) < 4.78 is 51.1. The molecule has 4 heterocycles. The van der Waals surface area contributed by atoms with Crippen LogP contribution in [0.3, 0.4) is 0 Å². The van der Waals surface area contributed by atoms with Gasteiger partial charge in [-0.15, -0.1) is 0 Å². The van der Waals surface area contributed by atoms with Crippen LogP contribution in [0, 0.1) is 12.8 Å². The monoisotopic (exact) mass is 1200 g/mol. The molecule has 0 radical (unpaired) electrons. The second-order valence-electron chi connectivity index (χ2n) is 23.3. The van der Waals surface area contributed by atoms with E-state index in [2.05, 4.69) is 37.5 Å². The summed E-state index contributed by atoms with van der Waals surface area (Å²) in [5.74, 6) is -0.651. The Labute approximate surface area is 501 Å². The van der Waals surface area contributed by atoms with Gasteiger partial charge < -0.3 is 34.6 Å². The van der Waals surface area contributed by atoms with Gasteiger partial charge in [0, 0.05) is 75.8 Å². The number of carbonyl (C=O) groups excluding carboxylic acids is 6. The van der Waals surface area contributed by atoms with Crippen LogP contribution in [0.2, 0.25) is 0 Å². The number of aryl methyl sites for hydroxylation is 2. The van der Waals surface area contributed by atoms with Crippen molar-refractivity contribution in [2.75, 3.05) is 29.3 Å². The van der Waals surface area contributed by atoms with E-state index in [1.165, 1.54) is 7.11 Å². The maximum Gasteiger partial charge on any atom is 0.272 e. The van der Waals surface area contributed by atoms with Crippen molar-refractivity contribution in [3.63, 3.8) is 0 Å². The molecule has 2 unspecified atom stereocenters. The molecule has 6 atom stereocenters. The molecule has 5 aromatic carbocycles. The van der Waals surface area contributed by atoms with Crippen LogP contribution in [0.5, 0.6) is 17.2 Å². The smallest absolute Gasteiger partial charge is 0.272 e. The van der Waals surface area contributed by atoms with Crippen molar-refractivity contribution >= 4 is 84.0 Å². The fraction of sp³-hybridized carbons (Fsp3) is 0.446. The van der Waals surface area contributed by atoms with Gasteiger partial charge >= 0.3 is 0 Å². The Morgan fingerprint density at radius 2 is 1.38 bits per heavy atom. The summed E-state index contributed by atoms with van der Waals surface area (Å²) in [6.45, 7) is 13.2. The lowest BCUT2D eigenvalue weighted by Gasteiger charge is -2.28. The molecule has 0 bridgehead atoms. The van der Waals surface area contributed by atoms with E-state index in [1.54, 1.807) is 70.7 Å². The molecule has 0 spiro atoms. The summed E-state index contributed by atoms with van der Waals surface area (Å²) >= 11 is 0. The molecule has 446 valence electrons. The highest BCUT2D eigenvalue weighted by molar-refractivity contribution is 8.77. The first kappa shape index (κ1) is 61.9. The molecule has 19 heteroatoms. The van der Waals surface area contributed by atoms with Gasteiger partial charge in [-0.1, -0.05) is 78.8 Å². The number of fused-ring (bicyclic) bond motifs is 8. The van der Waals surface area contributed by atoms with Crippen molar-refractivity contribution in [1.82, 2.24) is 5.32 Å². The number of ketones is 2. The second-order valence-corrected chi connectivity index (χ2v) is 28.5. The Hall–Kier alpha value is -6.67. The summed E-state index contributed by atoms with van der Waals surface area (Å²) in [5.41, 5.74) is 8.25. The van der Waals surface area contributed by atoms with E-state index in [9.17, 15) is 37.2 Å². The third-order valence-electron chi connectivity index (χ3n) is 16.5. The first-order chi connectivity index (χ1) is 40.1. The fourth-order valence-corrected chi connectivity index (χ4v) is 15.5. The van der Waals surface area contributed by atoms with Gasteiger partial charge in [0.15, 0.2) is 17.3 Å². The van der Waals surface area contributed by atoms with Crippen LogP contribution in [-0.4, -0.2) is 91.2 Å². The fourth-order valence-electron chi connectivity index (χ4n) is 11.6. The third kappa shape index (κ3) is 14.0. The zero-order valence-electron chi connectivity index (χ0n) is 49.3. The number of Topliss-reactive ketones (excluding diaryl/α,β-unsaturated/α-hetero) is 2. The van der Waals surface area contributed by atoms with Gasteiger partial charge in [0.25, 0.3) is 21.9 Å². The van der Waals surface area contributed by atoms with Crippen molar-refractivity contribution in [2.45, 2.75) is 166 Å². The Morgan fingerprint density at radius 3 is 2.06 bits per heavy atom. The average molecular weight is 1200 g/mol. The van der Waals surface area contributed by atoms with E-state index in [-0.39, 0.29) is 77.8 Å². The normalized spacial score (nSPS) is 18.1. The molecule has 0 aliphatic carbocycles. The number of amides is 4. The molecule has 9 rings (SSSR count). The second kappa shape index (κ2) is 26.3. The van der Waals surface area contributed by atoms with Gasteiger partial charge in [0.2, 0.25) is 11.8 Å². The Bertz CT molecular complexity index is 3480. The molecule has 0 fully saturated rings. The Kier molecular flexibility index (Phi) is 19.4. The predicted molar refractivity (Wildman–Crippen MR) is 330 cm³/mol. The molecule has 2 N–H and O–H groups in total. The highest BCUT2D eigenvalue weighted by Crippen LogP contribution is 2.45. The zero-order chi connectivity index (χ0) is 60.2. The molecule has 4 aliphatic rings. The van der Waals surface area contributed by atoms with Gasteiger partial charge in [-0.2, -0.15) is 8.42 Å². The van der Waals surface area contributed by atoms with Gasteiger partial charge in [0.05, 0.1) is 26.3 Å². The minimum Gasteiger partial charge on any atom is -0.493 e. The number of anilines is 3. The van der Waals surface area contributed by atoms with E-state index < -0.39 is 39.3 Å². The molecule has 5 aromatic rings. The largest absolute Gasteiger partial charge is 0.493 e. The summed E-state index contributed by atoms with van der Waals surface area (Å²) in [6.07, 6.45) is 5.14. The van der Waals surface area contributed by atoms with E-state index in [4.69, 9.17) is 18.4 Å². The predicted octanol–water partition coefficient (Wildman–Crippen LogP) is 11.3. The van der Waals surface area contributed by atoms with Crippen molar-refractivity contribution in [3.8, 4) is 17.2 Å². The van der Waals surface area contributed by atoms with Crippen molar-refractivity contribution in [2.24, 2.45) is 5.92 Å². The Balaban J connectivity index is 0.914. The van der Waals surface area contributed by atoms with Gasteiger partial charge in [-0.25, -0.2) is 0 Å². The number of benzene rings is 5. The number of rotatable bonds is 25. The quantitative estimate of drug-likeness (QED) is 0.0412. The van der Waals surface area contributed by atoms with Crippen LogP contribution in [-0.2, 0) is 72.4 Å².